The molecule has 1 rings (SSSR count). The van der Waals surface area contributed by atoms with Crippen LogP contribution in [0.3, 0.4) is 0 Å². The Bertz CT molecular complexity index is 277. The maximum atomic E-state index is 5.75. The highest BCUT2D eigenvalue weighted by atomic mass is 15.2. The summed E-state index contributed by atoms with van der Waals surface area (Å²) in [6, 6.07) is 0.371. The molecule has 2 N–H and O–H groups in total. The van der Waals surface area contributed by atoms with Crippen LogP contribution < -0.4 is 5.73 Å². The lowest BCUT2D eigenvalue weighted by molar-refractivity contribution is 0.339. The first-order chi connectivity index (χ1) is 6.00. The molecule has 0 amide bonds. The molecule has 0 spiro atoms. The van der Waals surface area contributed by atoms with Gasteiger partial charge in [-0.15, -0.1) is 0 Å². The molecule has 0 aliphatic heterocycles. The van der Waals surface area contributed by atoms with E-state index in [1.54, 1.807) is 0 Å². The SMILES string of the molecule is Cc1cn(C(C)CN(C)C)c(N)n1. The smallest absolute Gasteiger partial charge is 0.200 e. The lowest BCUT2D eigenvalue weighted by Crippen LogP contribution is -2.22. The van der Waals surface area contributed by atoms with Crippen molar-refractivity contribution in [3.8, 4) is 0 Å². The van der Waals surface area contributed by atoms with Crippen molar-refractivity contribution >= 4 is 5.95 Å². The van der Waals surface area contributed by atoms with Crippen LogP contribution in [-0.2, 0) is 0 Å². The number of anilines is 1. The number of rotatable bonds is 3. The standard InChI is InChI=1S/C9H18N4/c1-7-5-13(9(10)11-7)8(2)6-12(3)4/h5,8H,6H2,1-4H3,(H2,10,11). The highest BCUT2D eigenvalue weighted by Crippen LogP contribution is 2.13. The van der Waals surface area contributed by atoms with E-state index in [0.717, 1.165) is 12.2 Å². The summed E-state index contributed by atoms with van der Waals surface area (Å²) in [6.45, 7) is 5.06. The van der Waals surface area contributed by atoms with Crippen molar-refractivity contribution in [3.05, 3.63) is 11.9 Å². The minimum Gasteiger partial charge on any atom is -0.369 e. The van der Waals surface area contributed by atoms with Crippen LogP contribution in [0.1, 0.15) is 18.7 Å². The van der Waals surface area contributed by atoms with Crippen molar-refractivity contribution in [2.24, 2.45) is 0 Å². The molecule has 0 fully saturated rings. The largest absolute Gasteiger partial charge is 0.369 e. The van der Waals surface area contributed by atoms with Crippen molar-refractivity contribution in [2.45, 2.75) is 19.9 Å². The Morgan fingerprint density at radius 2 is 2.23 bits per heavy atom. The molecule has 1 atom stereocenters. The molecule has 4 nitrogen and oxygen atoms in total. The molecule has 1 aromatic rings. The zero-order valence-corrected chi connectivity index (χ0v) is 8.78. The lowest BCUT2D eigenvalue weighted by Gasteiger charge is -2.18. The van der Waals surface area contributed by atoms with Gasteiger partial charge in [0.05, 0.1) is 5.69 Å². The number of likely N-dealkylation sites (N-methyl/N-ethyl adjacent to an activating group) is 1. The molecule has 74 valence electrons. The van der Waals surface area contributed by atoms with Crippen LogP contribution >= 0.6 is 0 Å². The first kappa shape index (κ1) is 10.1. The van der Waals surface area contributed by atoms with E-state index in [1.807, 2.05) is 17.7 Å². The highest BCUT2D eigenvalue weighted by molar-refractivity contribution is 5.22. The lowest BCUT2D eigenvalue weighted by atomic mass is 10.3. The molecular weight excluding hydrogens is 164 g/mol. The fourth-order valence-electron chi connectivity index (χ4n) is 1.50. The Kier molecular flexibility index (Phi) is 2.93. The van der Waals surface area contributed by atoms with Crippen molar-refractivity contribution in [3.63, 3.8) is 0 Å². The summed E-state index contributed by atoms with van der Waals surface area (Å²) in [4.78, 5) is 6.30. The van der Waals surface area contributed by atoms with Gasteiger partial charge in [-0.1, -0.05) is 0 Å². The fraction of sp³-hybridized carbons (Fsp3) is 0.667. The molecule has 0 saturated heterocycles. The molecule has 0 aromatic carbocycles. The Morgan fingerprint density at radius 3 is 2.62 bits per heavy atom. The number of nitrogens with zero attached hydrogens (tertiary/aromatic N) is 3. The van der Waals surface area contributed by atoms with Gasteiger partial charge >= 0.3 is 0 Å². The minimum absolute atomic E-state index is 0.371. The van der Waals surface area contributed by atoms with Crippen molar-refractivity contribution in [1.82, 2.24) is 14.5 Å². The average Bonchev–Trinajstić information content (AvgIpc) is 2.28. The number of nitrogens with two attached hydrogens (primary N) is 1. The van der Waals surface area contributed by atoms with Crippen LogP contribution in [-0.4, -0.2) is 35.1 Å². The molecule has 1 unspecified atom stereocenters. The normalized spacial score (nSPS) is 13.6. The van der Waals surface area contributed by atoms with Gasteiger partial charge in [-0.25, -0.2) is 4.98 Å². The summed E-state index contributed by atoms with van der Waals surface area (Å²) in [5.74, 6) is 0.604. The summed E-state index contributed by atoms with van der Waals surface area (Å²) in [6.07, 6.45) is 1.99. The second kappa shape index (κ2) is 3.79. The van der Waals surface area contributed by atoms with E-state index in [4.69, 9.17) is 5.73 Å². The van der Waals surface area contributed by atoms with Crippen LogP contribution in [0.25, 0.3) is 0 Å². The number of aromatic nitrogens is 2. The topological polar surface area (TPSA) is 47.1 Å². The molecule has 4 heteroatoms. The number of hydrogen-bond acceptors (Lipinski definition) is 3. The molecule has 0 saturated carbocycles. The first-order valence-corrected chi connectivity index (χ1v) is 4.46. The fourth-order valence-corrected chi connectivity index (χ4v) is 1.50. The molecule has 0 aliphatic carbocycles. The van der Waals surface area contributed by atoms with Crippen molar-refractivity contribution in [2.75, 3.05) is 26.4 Å². The van der Waals surface area contributed by atoms with Crippen molar-refractivity contribution < 1.29 is 0 Å². The first-order valence-electron chi connectivity index (χ1n) is 4.46. The van der Waals surface area contributed by atoms with E-state index in [-0.39, 0.29) is 0 Å². The van der Waals surface area contributed by atoms with Gasteiger partial charge in [0, 0.05) is 18.8 Å². The number of imidazole rings is 1. The number of aryl methyl sites for hydroxylation is 1. The minimum atomic E-state index is 0.371. The molecule has 0 radical (unpaired) electrons. The van der Waals surface area contributed by atoms with Crippen LogP contribution in [0.2, 0.25) is 0 Å². The maximum absolute atomic E-state index is 5.75. The molecule has 1 heterocycles. The van der Waals surface area contributed by atoms with Crippen LogP contribution in [0.5, 0.6) is 0 Å². The van der Waals surface area contributed by atoms with Gasteiger partial charge in [0.25, 0.3) is 0 Å². The maximum Gasteiger partial charge on any atom is 0.200 e. The zero-order valence-electron chi connectivity index (χ0n) is 8.78. The zero-order chi connectivity index (χ0) is 10.0. The van der Waals surface area contributed by atoms with Gasteiger partial charge in [0.2, 0.25) is 5.95 Å². The Morgan fingerprint density at radius 1 is 1.62 bits per heavy atom. The Labute approximate surface area is 79.4 Å². The predicted molar refractivity (Wildman–Crippen MR) is 54.6 cm³/mol. The summed E-state index contributed by atoms with van der Waals surface area (Å²) in [7, 11) is 4.10. The van der Waals surface area contributed by atoms with E-state index in [1.165, 1.54) is 0 Å². The second-order valence-corrected chi connectivity index (χ2v) is 3.76. The third kappa shape index (κ3) is 2.45. The molecule has 0 aliphatic rings. The van der Waals surface area contributed by atoms with Gasteiger partial charge in [0.15, 0.2) is 0 Å². The summed E-state index contributed by atoms with van der Waals surface area (Å²) in [5.41, 5.74) is 6.73. The summed E-state index contributed by atoms with van der Waals surface area (Å²) in [5, 5.41) is 0. The average molecular weight is 182 g/mol. The second-order valence-electron chi connectivity index (χ2n) is 3.76. The highest BCUT2D eigenvalue weighted by Gasteiger charge is 2.09. The van der Waals surface area contributed by atoms with Crippen LogP contribution in [0, 0.1) is 6.92 Å². The van der Waals surface area contributed by atoms with Gasteiger partial charge in [-0.05, 0) is 27.9 Å². The van der Waals surface area contributed by atoms with E-state index in [0.29, 0.717) is 12.0 Å². The quantitative estimate of drug-likeness (QED) is 0.755. The van der Waals surface area contributed by atoms with Gasteiger partial charge in [-0.2, -0.15) is 0 Å². The molecule has 0 bridgehead atoms. The molecular formula is C9H18N4. The molecule has 13 heavy (non-hydrogen) atoms. The monoisotopic (exact) mass is 182 g/mol. The number of nitrogen functional groups attached to an aromatic ring is 1. The van der Waals surface area contributed by atoms with E-state index in [2.05, 4.69) is 30.9 Å². The van der Waals surface area contributed by atoms with E-state index in [9.17, 15) is 0 Å². The van der Waals surface area contributed by atoms with Crippen LogP contribution in [0.15, 0.2) is 6.20 Å². The summed E-state index contributed by atoms with van der Waals surface area (Å²) < 4.78 is 2.01. The van der Waals surface area contributed by atoms with Crippen LogP contribution in [0.4, 0.5) is 5.95 Å². The van der Waals surface area contributed by atoms with E-state index >= 15 is 0 Å². The summed E-state index contributed by atoms with van der Waals surface area (Å²) >= 11 is 0. The Hall–Kier alpha value is -1.03. The van der Waals surface area contributed by atoms with Gasteiger partial charge in [-0.3, -0.25) is 0 Å². The van der Waals surface area contributed by atoms with Gasteiger partial charge < -0.3 is 15.2 Å². The van der Waals surface area contributed by atoms with Crippen molar-refractivity contribution in [1.29, 1.82) is 0 Å². The Balaban J connectivity index is 2.76. The van der Waals surface area contributed by atoms with Gasteiger partial charge in [0.1, 0.15) is 0 Å². The third-order valence-corrected chi connectivity index (χ3v) is 1.99. The van der Waals surface area contributed by atoms with E-state index < -0.39 is 0 Å². The number of hydrogen-bond donors (Lipinski definition) is 1. The third-order valence-electron chi connectivity index (χ3n) is 1.99. The predicted octanol–water partition coefficient (Wildman–Crippen LogP) is 0.896. The molecule has 1 aromatic heterocycles.